The molecule has 1 fully saturated rings. The fourth-order valence-electron chi connectivity index (χ4n) is 2.47. The van der Waals surface area contributed by atoms with E-state index in [0.717, 1.165) is 14.0 Å². The molecule has 1 heterocycles. The van der Waals surface area contributed by atoms with Crippen LogP contribution in [0.1, 0.15) is 13.3 Å². The van der Waals surface area contributed by atoms with Gasteiger partial charge in [0, 0.05) is 18.3 Å². The normalized spacial score (nSPS) is 32.2. The molecular formula is C12H20N4O8. The summed E-state index contributed by atoms with van der Waals surface area (Å²) in [5.41, 5.74) is 6.38. The Hall–Kier alpha value is -1.95. The Kier molecular flexibility index (Phi) is 6.90. The lowest BCUT2D eigenvalue weighted by atomic mass is 9.87. The van der Waals surface area contributed by atoms with E-state index in [2.05, 4.69) is 20.1 Å². The number of carbonyl (C=O) groups excluding carboxylic acids is 2. The number of methoxy groups -OCH3 is 1. The van der Waals surface area contributed by atoms with E-state index in [1.165, 1.54) is 0 Å². The molecule has 1 aliphatic heterocycles. The van der Waals surface area contributed by atoms with Crippen LogP contribution in [0.5, 0.6) is 0 Å². The van der Waals surface area contributed by atoms with Crippen LogP contribution in [0.4, 0.5) is 0 Å². The van der Waals surface area contributed by atoms with Crippen molar-refractivity contribution in [3.05, 3.63) is 10.4 Å². The number of hydrogen-bond donors (Lipinski definition) is 5. The van der Waals surface area contributed by atoms with Crippen molar-refractivity contribution >= 4 is 11.9 Å². The number of amides is 1. The highest BCUT2D eigenvalue weighted by molar-refractivity contribution is 5.79. The van der Waals surface area contributed by atoms with E-state index in [4.69, 9.17) is 15.4 Å². The summed E-state index contributed by atoms with van der Waals surface area (Å²) in [7, 11) is 1.00. The molecule has 1 amide bonds. The van der Waals surface area contributed by atoms with E-state index in [1.54, 1.807) is 0 Å². The van der Waals surface area contributed by atoms with Crippen LogP contribution >= 0.6 is 0 Å². The first kappa shape index (κ1) is 20.1. The van der Waals surface area contributed by atoms with Crippen molar-refractivity contribution in [3.63, 3.8) is 0 Å². The molecule has 0 aromatic heterocycles. The Morgan fingerprint density at radius 1 is 1.54 bits per heavy atom. The highest BCUT2D eigenvalue weighted by Gasteiger charge is 2.54. The molecule has 0 aromatic carbocycles. The van der Waals surface area contributed by atoms with Crippen LogP contribution in [0.15, 0.2) is 5.11 Å². The van der Waals surface area contributed by atoms with Gasteiger partial charge >= 0.3 is 5.97 Å². The van der Waals surface area contributed by atoms with Crippen LogP contribution in [0.2, 0.25) is 0 Å². The molecule has 0 saturated carbocycles. The van der Waals surface area contributed by atoms with E-state index in [1.807, 2.05) is 0 Å². The number of aliphatic hydroxyl groups excluding tert-OH is 4. The first-order valence-corrected chi connectivity index (χ1v) is 6.97. The zero-order valence-corrected chi connectivity index (χ0v) is 13.1. The Bertz CT molecular complexity index is 525. The van der Waals surface area contributed by atoms with Gasteiger partial charge in [-0.3, -0.25) is 4.79 Å². The highest BCUT2D eigenvalue weighted by Crippen LogP contribution is 2.34. The van der Waals surface area contributed by atoms with Crippen molar-refractivity contribution in [2.75, 3.05) is 13.7 Å². The number of esters is 1. The van der Waals surface area contributed by atoms with Crippen LogP contribution in [0.3, 0.4) is 0 Å². The fraction of sp³-hybridized carbons (Fsp3) is 0.833. The molecule has 0 aromatic rings. The van der Waals surface area contributed by atoms with Gasteiger partial charge in [0.05, 0.1) is 25.9 Å². The maximum Gasteiger partial charge on any atom is 0.344 e. The predicted octanol–water partition coefficient (Wildman–Crippen LogP) is -2.47. The molecule has 12 heteroatoms. The molecule has 24 heavy (non-hydrogen) atoms. The second-order valence-corrected chi connectivity index (χ2v) is 5.29. The summed E-state index contributed by atoms with van der Waals surface area (Å²) in [6, 6.07) is -1.23. The summed E-state index contributed by atoms with van der Waals surface area (Å²) < 4.78 is 9.85. The number of nitrogens with zero attached hydrogens (tertiary/aromatic N) is 3. The summed E-state index contributed by atoms with van der Waals surface area (Å²) in [6.07, 6.45) is -7.09. The quantitative estimate of drug-likeness (QED) is 0.151. The van der Waals surface area contributed by atoms with Crippen molar-refractivity contribution in [1.29, 1.82) is 0 Å². The Labute approximate surface area is 136 Å². The van der Waals surface area contributed by atoms with Gasteiger partial charge in [-0.1, -0.05) is 0 Å². The van der Waals surface area contributed by atoms with E-state index in [9.17, 15) is 24.9 Å². The van der Waals surface area contributed by atoms with E-state index < -0.39 is 61.1 Å². The van der Waals surface area contributed by atoms with Crippen LogP contribution in [0, 0.1) is 0 Å². The van der Waals surface area contributed by atoms with Gasteiger partial charge in [-0.15, -0.1) is 0 Å². The molecule has 6 atom stereocenters. The molecule has 5 N–H and O–H groups in total. The Morgan fingerprint density at radius 2 is 2.17 bits per heavy atom. The predicted molar refractivity (Wildman–Crippen MR) is 76.1 cm³/mol. The minimum absolute atomic E-state index is 0.548. The van der Waals surface area contributed by atoms with Crippen LogP contribution in [0.25, 0.3) is 10.4 Å². The van der Waals surface area contributed by atoms with Gasteiger partial charge in [0.2, 0.25) is 11.6 Å². The maximum absolute atomic E-state index is 12.0. The standard InChI is InChI=1S/C12H20N4O8/c1-5(18)14-8-6(19)3-12(15-16-13,11(22)23-2)24-10(8)9(21)7(20)4-17/h6-10,17,19-21H,3-4H2,1-2H3,(H,14,18)/t6?,7-,8?,9+,10?,12?/m1/s1. The van der Waals surface area contributed by atoms with E-state index >= 15 is 0 Å². The molecular weight excluding hydrogens is 328 g/mol. The third-order valence-corrected chi connectivity index (χ3v) is 3.58. The van der Waals surface area contributed by atoms with Gasteiger partial charge in [-0.25, -0.2) is 4.79 Å². The van der Waals surface area contributed by atoms with Gasteiger partial charge in [0.1, 0.15) is 18.3 Å². The fourth-order valence-corrected chi connectivity index (χ4v) is 2.47. The number of azide groups is 1. The molecule has 12 nitrogen and oxygen atoms in total. The first-order chi connectivity index (χ1) is 11.2. The number of ether oxygens (including phenoxy) is 2. The minimum atomic E-state index is -2.29. The monoisotopic (exact) mass is 348 g/mol. The zero-order valence-electron chi connectivity index (χ0n) is 13.1. The number of rotatable bonds is 6. The third kappa shape index (κ3) is 4.12. The summed E-state index contributed by atoms with van der Waals surface area (Å²) >= 11 is 0. The van der Waals surface area contributed by atoms with Crippen molar-refractivity contribution in [2.24, 2.45) is 5.11 Å². The molecule has 0 radical (unpaired) electrons. The number of aliphatic hydroxyl groups is 4. The summed E-state index contributed by atoms with van der Waals surface area (Å²) in [6.45, 7) is 0.297. The number of carbonyl (C=O) groups is 2. The number of nitrogens with one attached hydrogen (secondary N) is 1. The average Bonchev–Trinajstić information content (AvgIpc) is 2.54. The van der Waals surface area contributed by atoms with Gasteiger partial charge in [-0.2, -0.15) is 0 Å². The van der Waals surface area contributed by atoms with Crippen LogP contribution < -0.4 is 5.32 Å². The lowest BCUT2D eigenvalue weighted by molar-refractivity contribution is -0.229. The molecule has 4 unspecified atom stereocenters. The summed E-state index contributed by atoms with van der Waals surface area (Å²) in [5, 5.41) is 44.5. The third-order valence-electron chi connectivity index (χ3n) is 3.58. The molecule has 0 spiro atoms. The van der Waals surface area contributed by atoms with Gasteiger partial charge < -0.3 is 35.2 Å². The first-order valence-electron chi connectivity index (χ1n) is 6.97. The molecule has 1 rings (SSSR count). The second-order valence-electron chi connectivity index (χ2n) is 5.29. The van der Waals surface area contributed by atoms with Gasteiger partial charge in [0.25, 0.3) is 0 Å². The van der Waals surface area contributed by atoms with Crippen molar-refractivity contribution in [2.45, 2.75) is 49.5 Å². The van der Waals surface area contributed by atoms with E-state index in [0.29, 0.717) is 0 Å². The molecule has 1 aliphatic rings. The van der Waals surface area contributed by atoms with Gasteiger partial charge in [-0.05, 0) is 10.6 Å². The lowest BCUT2D eigenvalue weighted by Gasteiger charge is -2.45. The lowest BCUT2D eigenvalue weighted by Crippen LogP contribution is -2.66. The topological polar surface area (TPSA) is 194 Å². The summed E-state index contributed by atoms with van der Waals surface area (Å²) in [4.78, 5) is 25.7. The smallest absolute Gasteiger partial charge is 0.344 e. The molecule has 136 valence electrons. The molecule has 0 aliphatic carbocycles. The zero-order chi connectivity index (χ0) is 18.5. The SMILES string of the molecule is COC(=O)C1(N=[N+]=[N-])CC(O)C(NC(C)=O)C([C@@H](O)[C@H](O)CO)O1. The van der Waals surface area contributed by atoms with Crippen molar-refractivity contribution in [3.8, 4) is 0 Å². The van der Waals surface area contributed by atoms with Crippen LogP contribution in [-0.2, 0) is 19.1 Å². The van der Waals surface area contributed by atoms with Gasteiger partial charge in [0.15, 0.2) is 0 Å². The Balaban J connectivity index is 3.29. The second kappa shape index (κ2) is 8.24. The maximum atomic E-state index is 12.0. The van der Waals surface area contributed by atoms with Crippen molar-refractivity contribution < 1.29 is 39.5 Å². The number of hydrogen-bond acceptors (Lipinski definition) is 9. The van der Waals surface area contributed by atoms with Crippen molar-refractivity contribution in [1.82, 2.24) is 5.32 Å². The molecule has 1 saturated heterocycles. The van der Waals surface area contributed by atoms with Crippen LogP contribution in [-0.4, -0.2) is 82.2 Å². The highest BCUT2D eigenvalue weighted by atomic mass is 16.6. The molecule has 0 bridgehead atoms. The summed E-state index contributed by atoms with van der Waals surface area (Å²) in [5.74, 6) is -1.70. The largest absolute Gasteiger partial charge is 0.467 e. The Morgan fingerprint density at radius 3 is 2.62 bits per heavy atom. The van der Waals surface area contributed by atoms with E-state index in [-0.39, 0.29) is 0 Å². The minimum Gasteiger partial charge on any atom is -0.467 e. The average molecular weight is 348 g/mol.